The standard InChI is InChI=1S/C17H17N.ClH/c1-14(18)12-17-9-5-8-16(13-17)11-10-15-6-3-2-4-7-15;/h2-9,13-14H,12,18H2,1H3;1H. The van der Waals surface area contributed by atoms with E-state index >= 15 is 0 Å². The third-order valence-electron chi connectivity index (χ3n) is 2.61. The normalized spacial score (nSPS) is 10.8. The van der Waals surface area contributed by atoms with Crippen LogP contribution in [0.15, 0.2) is 54.6 Å². The first-order chi connectivity index (χ1) is 8.74. The molecule has 0 spiro atoms. The molecule has 1 atom stereocenters. The second-order valence-electron chi connectivity index (χ2n) is 4.50. The SMILES string of the molecule is CC(N)Cc1cccc(C#Cc2ccccc2)c1.Cl. The molecular weight excluding hydrogens is 254 g/mol. The summed E-state index contributed by atoms with van der Waals surface area (Å²) in [4.78, 5) is 0. The molecule has 0 aliphatic carbocycles. The zero-order valence-corrected chi connectivity index (χ0v) is 11.8. The molecule has 0 saturated carbocycles. The molecule has 0 heterocycles. The zero-order valence-electron chi connectivity index (χ0n) is 11.0. The molecule has 2 heteroatoms. The third-order valence-corrected chi connectivity index (χ3v) is 2.61. The molecule has 0 aliphatic heterocycles. The fraction of sp³-hybridized carbons (Fsp3) is 0.176. The fourth-order valence-electron chi connectivity index (χ4n) is 1.81. The van der Waals surface area contributed by atoms with Crippen LogP contribution in [0, 0.1) is 11.8 Å². The molecule has 2 aromatic rings. The van der Waals surface area contributed by atoms with Gasteiger partial charge in [-0.05, 0) is 43.2 Å². The van der Waals surface area contributed by atoms with Crippen molar-refractivity contribution in [1.82, 2.24) is 0 Å². The van der Waals surface area contributed by atoms with E-state index in [-0.39, 0.29) is 18.4 Å². The van der Waals surface area contributed by atoms with Gasteiger partial charge in [0, 0.05) is 17.2 Å². The molecule has 0 bridgehead atoms. The van der Waals surface area contributed by atoms with Gasteiger partial charge in [0.2, 0.25) is 0 Å². The van der Waals surface area contributed by atoms with Gasteiger partial charge in [-0.2, -0.15) is 0 Å². The summed E-state index contributed by atoms with van der Waals surface area (Å²) < 4.78 is 0. The highest BCUT2D eigenvalue weighted by atomic mass is 35.5. The van der Waals surface area contributed by atoms with E-state index in [0.29, 0.717) is 0 Å². The molecule has 98 valence electrons. The van der Waals surface area contributed by atoms with Crippen molar-refractivity contribution in [1.29, 1.82) is 0 Å². The summed E-state index contributed by atoms with van der Waals surface area (Å²) in [5.41, 5.74) is 9.12. The lowest BCUT2D eigenvalue weighted by atomic mass is 10.0. The summed E-state index contributed by atoms with van der Waals surface area (Å²) in [5.74, 6) is 6.34. The largest absolute Gasteiger partial charge is 0.328 e. The van der Waals surface area contributed by atoms with Gasteiger partial charge >= 0.3 is 0 Å². The summed E-state index contributed by atoms with van der Waals surface area (Å²) in [6.45, 7) is 2.02. The molecular formula is C17H18ClN. The van der Waals surface area contributed by atoms with Crippen LogP contribution < -0.4 is 5.73 Å². The van der Waals surface area contributed by atoms with Crippen molar-refractivity contribution in [3.8, 4) is 11.8 Å². The lowest BCUT2D eigenvalue weighted by Crippen LogP contribution is -2.17. The van der Waals surface area contributed by atoms with Gasteiger partial charge < -0.3 is 5.73 Å². The van der Waals surface area contributed by atoms with E-state index in [9.17, 15) is 0 Å². The van der Waals surface area contributed by atoms with E-state index in [4.69, 9.17) is 5.73 Å². The van der Waals surface area contributed by atoms with E-state index in [2.05, 4.69) is 24.0 Å². The third kappa shape index (κ3) is 5.18. The van der Waals surface area contributed by atoms with Gasteiger partial charge in [-0.25, -0.2) is 0 Å². The Morgan fingerprint density at radius 3 is 2.26 bits per heavy atom. The molecule has 19 heavy (non-hydrogen) atoms. The molecule has 1 nitrogen and oxygen atoms in total. The highest BCUT2D eigenvalue weighted by Gasteiger charge is 1.97. The maximum Gasteiger partial charge on any atom is 0.0251 e. The smallest absolute Gasteiger partial charge is 0.0251 e. The minimum atomic E-state index is 0. The molecule has 1 unspecified atom stereocenters. The zero-order chi connectivity index (χ0) is 12.8. The maximum absolute atomic E-state index is 5.80. The first-order valence-corrected chi connectivity index (χ1v) is 6.15. The minimum Gasteiger partial charge on any atom is -0.328 e. The Morgan fingerprint density at radius 2 is 1.58 bits per heavy atom. The van der Waals surface area contributed by atoms with Crippen molar-refractivity contribution < 1.29 is 0 Å². The molecule has 0 fully saturated rings. The topological polar surface area (TPSA) is 26.0 Å². The molecule has 0 amide bonds. The molecule has 2 rings (SSSR count). The van der Waals surface area contributed by atoms with E-state index in [1.54, 1.807) is 0 Å². The summed E-state index contributed by atoms with van der Waals surface area (Å²) in [5, 5.41) is 0. The van der Waals surface area contributed by atoms with Gasteiger partial charge in [-0.1, -0.05) is 42.2 Å². The van der Waals surface area contributed by atoms with E-state index in [1.807, 2.05) is 49.4 Å². The molecule has 0 aliphatic rings. The second-order valence-corrected chi connectivity index (χ2v) is 4.50. The van der Waals surface area contributed by atoms with E-state index < -0.39 is 0 Å². The number of rotatable bonds is 2. The Morgan fingerprint density at radius 1 is 0.947 bits per heavy atom. The number of nitrogens with two attached hydrogens (primary N) is 1. The number of hydrogen-bond acceptors (Lipinski definition) is 1. The van der Waals surface area contributed by atoms with Gasteiger partial charge in [0.05, 0.1) is 0 Å². The lowest BCUT2D eigenvalue weighted by Gasteiger charge is -2.04. The Hall–Kier alpha value is -1.75. The monoisotopic (exact) mass is 271 g/mol. The summed E-state index contributed by atoms with van der Waals surface area (Å²) in [6.07, 6.45) is 0.890. The van der Waals surface area contributed by atoms with Gasteiger partial charge in [-0.15, -0.1) is 12.4 Å². The van der Waals surface area contributed by atoms with Gasteiger partial charge in [0.1, 0.15) is 0 Å². The van der Waals surface area contributed by atoms with Gasteiger partial charge in [0.25, 0.3) is 0 Å². The quantitative estimate of drug-likeness (QED) is 0.833. The summed E-state index contributed by atoms with van der Waals surface area (Å²) >= 11 is 0. The van der Waals surface area contributed by atoms with Crippen LogP contribution >= 0.6 is 12.4 Å². The first kappa shape index (κ1) is 15.3. The van der Waals surface area contributed by atoms with Crippen LogP contribution in [0.3, 0.4) is 0 Å². The lowest BCUT2D eigenvalue weighted by molar-refractivity contribution is 0.738. The Bertz CT molecular complexity index is 565. The second kappa shape index (κ2) is 7.63. The molecule has 0 radical (unpaired) electrons. The minimum absolute atomic E-state index is 0. The van der Waals surface area contributed by atoms with Crippen molar-refractivity contribution in [2.75, 3.05) is 0 Å². The number of hydrogen-bond donors (Lipinski definition) is 1. The number of benzene rings is 2. The Labute approximate surface area is 121 Å². The van der Waals surface area contributed by atoms with Crippen LogP contribution in [-0.2, 0) is 6.42 Å². The van der Waals surface area contributed by atoms with E-state index in [1.165, 1.54) is 5.56 Å². The first-order valence-electron chi connectivity index (χ1n) is 6.15. The molecule has 2 N–H and O–H groups in total. The molecule has 2 aromatic carbocycles. The predicted molar refractivity (Wildman–Crippen MR) is 83.5 cm³/mol. The van der Waals surface area contributed by atoms with Crippen molar-refractivity contribution in [3.63, 3.8) is 0 Å². The average molecular weight is 272 g/mol. The van der Waals surface area contributed by atoms with Crippen LogP contribution in [0.25, 0.3) is 0 Å². The van der Waals surface area contributed by atoms with Crippen LogP contribution in [0.5, 0.6) is 0 Å². The molecule has 0 aromatic heterocycles. The van der Waals surface area contributed by atoms with E-state index in [0.717, 1.165) is 17.5 Å². The van der Waals surface area contributed by atoms with Crippen LogP contribution in [0.1, 0.15) is 23.6 Å². The Kier molecular flexibility index (Phi) is 6.15. The highest BCUT2D eigenvalue weighted by molar-refractivity contribution is 5.85. The summed E-state index contributed by atoms with van der Waals surface area (Å²) in [6, 6.07) is 18.5. The highest BCUT2D eigenvalue weighted by Crippen LogP contribution is 2.06. The van der Waals surface area contributed by atoms with Crippen LogP contribution in [0.2, 0.25) is 0 Å². The van der Waals surface area contributed by atoms with Crippen molar-refractivity contribution >= 4 is 12.4 Å². The fourth-order valence-corrected chi connectivity index (χ4v) is 1.81. The van der Waals surface area contributed by atoms with Gasteiger partial charge in [-0.3, -0.25) is 0 Å². The average Bonchev–Trinajstić information content (AvgIpc) is 2.37. The Balaban J connectivity index is 0.00000180. The van der Waals surface area contributed by atoms with Crippen molar-refractivity contribution in [2.45, 2.75) is 19.4 Å². The molecule has 0 saturated heterocycles. The van der Waals surface area contributed by atoms with Crippen molar-refractivity contribution in [3.05, 3.63) is 71.3 Å². The predicted octanol–water partition coefficient (Wildman–Crippen LogP) is 3.40. The number of halogens is 1. The van der Waals surface area contributed by atoms with Crippen molar-refractivity contribution in [2.24, 2.45) is 5.73 Å². The van der Waals surface area contributed by atoms with Crippen LogP contribution in [-0.4, -0.2) is 6.04 Å². The van der Waals surface area contributed by atoms with Gasteiger partial charge in [0.15, 0.2) is 0 Å². The maximum atomic E-state index is 5.80. The summed E-state index contributed by atoms with van der Waals surface area (Å²) in [7, 11) is 0. The van der Waals surface area contributed by atoms with Crippen LogP contribution in [0.4, 0.5) is 0 Å².